The van der Waals surface area contributed by atoms with Gasteiger partial charge in [-0.25, -0.2) is 9.97 Å². The van der Waals surface area contributed by atoms with Gasteiger partial charge in [-0.1, -0.05) is 13.0 Å². The summed E-state index contributed by atoms with van der Waals surface area (Å²) in [6.45, 7) is 7.84. The molecule has 1 fully saturated rings. The second-order valence-corrected chi connectivity index (χ2v) is 10.2. The molecular formula is C31H32F3N7O. The van der Waals surface area contributed by atoms with Crippen molar-refractivity contribution >= 4 is 28.9 Å². The van der Waals surface area contributed by atoms with Crippen LogP contribution in [-0.2, 0) is 6.18 Å². The zero-order valence-corrected chi connectivity index (χ0v) is 23.4. The fourth-order valence-corrected chi connectivity index (χ4v) is 4.93. The Labute approximate surface area is 242 Å². The van der Waals surface area contributed by atoms with E-state index in [0.717, 1.165) is 43.2 Å². The van der Waals surface area contributed by atoms with Gasteiger partial charge >= 0.3 is 6.18 Å². The number of anilines is 4. The van der Waals surface area contributed by atoms with Crippen molar-refractivity contribution < 1.29 is 18.0 Å². The van der Waals surface area contributed by atoms with E-state index in [2.05, 4.69) is 37.4 Å². The number of carbonyl (C=O) groups is 1. The van der Waals surface area contributed by atoms with E-state index in [4.69, 9.17) is 0 Å². The molecule has 0 unspecified atom stereocenters. The Morgan fingerprint density at radius 3 is 2.50 bits per heavy atom. The van der Waals surface area contributed by atoms with E-state index in [1.807, 2.05) is 24.0 Å². The number of halogens is 3. The molecule has 5 rings (SSSR count). The second kappa shape index (κ2) is 12.6. The topological polar surface area (TPSA) is 86.3 Å². The first-order chi connectivity index (χ1) is 20.2. The minimum Gasteiger partial charge on any atom is -0.369 e. The summed E-state index contributed by atoms with van der Waals surface area (Å²) in [4.78, 5) is 30.3. The van der Waals surface area contributed by atoms with Crippen LogP contribution in [0.2, 0.25) is 0 Å². The first-order valence-corrected chi connectivity index (χ1v) is 13.8. The van der Waals surface area contributed by atoms with Crippen molar-refractivity contribution in [3.8, 4) is 11.3 Å². The van der Waals surface area contributed by atoms with Gasteiger partial charge in [-0.15, -0.1) is 0 Å². The maximum Gasteiger partial charge on any atom is 0.418 e. The Kier molecular flexibility index (Phi) is 8.67. The van der Waals surface area contributed by atoms with Crippen LogP contribution in [0.15, 0.2) is 73.2 Å². The minimum absolute atomic E-state index is 0.191. The molecule has 0 aliphatic carbocycles. The highest BCUT2D eigenvalue weighted by molar-refractivity contribution is 6.05. The van der Waals surface area contributed by atoms with Gasteiger partial charge in [-0.2, -0.15) is 13.2 Å². The number of amides is 1. The maximum absolute atomic E-state index is 14.1. The van der Waals surface area contributed by atoms with E-state index < -0.39 is 17.6 Å². The largest absolute Gasteiger partial charge is 0.418 e. The molecular weight excluding hydrogens is 543 g/mol. The highest BCUT2D eigenvalue weighted by Crippen LogP contribution is 2.38. The van der Waals surface area contributed by atoms with Gasteiger partial charge in [0.1, 0.15) is 0 Å². The molecule has 2 N–H and O–H groups in total. The van der Waals surface area contributed by atoms with E-state index in [0.29, 0.717) is 36.1 Å². The number of pyridine rings is 1. The Morgan fingerprint density at radius 2 is 1.79 bits per heavy atom. The van der Waals surface area contributed by atoms with Gasteiger partial charge in [0, 0.05) is 67.3 Å². The third-order valence-electron chi connectivity index (χ3n) is 7.19. The highest BCUT2D eigenvalue weighted by atomic mass is 19.4. The van der Waals surface area contributed by atoms with Crippen molar-refractivity contribution in [2.75, 3.05) is 48.3 Å². The molecule has 42 heavy (non-hydrogen) atoms. The SMILES string of the molecule is CCCN1CCN(c2ccc(NC(=O)c3ccc(C)c(Nc4nccc(-c5cccnc5)n4)c3)c(C(F)(F)F)c2)CC1. The molecule has 8 nitrogen and oxygen atoms in total. The molecule has 0 spiro atoms. The van der Waals surface area contributed by atoms with Crippen LogP contribution in [-0.4, -0.2) is 58.5 Å². The van der Waals surface area contributed by atoms with Gasteiger partial charge < -0.3 is 15.5 Å². The number of aryl methyl sites for hydroxylation is 1. The van der Waals surface area contributed by atoms with E-state index in [-0.39, 0.29) is 11.3 Å². The monoisotopic (exact) mass is 575 g/mol. The molecule has 218 valence electrons. The maximum atomic E-state index is 14.1. The first-order valence-electron chi connectivity index (χ1n) is 13.8. The number of aromatic nitrogens is 3. The quantitative estimate of drug-likeness (QED) is 0.252. The van der Waals surface area contributed by atoms with Crippen molar-refractivity contribution in [3.63, 3.8) is 0 Å². The van der Waals surface area contributed by atoms with Crippen molar-refractivity contribution in [3.05, 3.63) is 89.9 Å². The third-order valence-corrected chi connectivity index (χ3v) is 7.19. The number of nitrogens with zero attached hydrogens (tertiary/aromatic N) is 5. The smallest absolute Gasteiger partial charge is 0.369 e. The van der Waals surface area contributed by atoms with Gasteiger partial charge in [0.15, 0.2) is 0 Å². The van der Waals surface area contributed by atoms with Gasteiger partial charge in [0.05, 0.1) is 16.9 Å². The molecule has 0 bridgehead atoms. The van der Waals surface area contributed by atoms with Gasteiger partial charge in [-0.05, 0) is 74.0 Å². The molecule has 3 heterocycles. The summed E-state index contributed by atoms with van der Waals surface area (Å²) in [6, 6.07) is 14.4. The molecule has 0 radical (unpaired) electrons. The molecule has 2 aromatic carbocycles. The van der Waals surface area contributed by atoms with Crippen LogP contribution in [0.1, 0.15) is 34.8 Å². The minimum atomic E-state index is -4.64. The van der Waals surface area contributed by atoms with Crippen LogP contribution in [0, 0.1) is 6.92 Å². The van der Waals surface area contributed by atoms with Crippen LogP contribution in [0.25, 0.3) is 11.3 Å². The average molecular weight is 576 g/mol. The second-order valence-electron chi connectivity index (χ2n) is 10.2. The molecule has 2 aromatic heterocycles. The van der Waals surface area contributed by atoms with Crippen LogP contribution < -0.4 is 15.5 Å². The molecule has 4 aromatic rings. The van der Waals surface area contributed by atoms with Gasteiger partial charge in [0.25, 0.3) is 5.91 Å². The summed E-state index contributed by atoms with van der Waals surface area (Å²) in [7, 11) is 0. The number of nitrogens with one attached hydrogen (secondary N) is 2. The van der Waals surface area contributed by atoms with Crippen LogP contribution >= 0.6 is 0 Å². The number of alkyl halides is 3. The molecule has 1 aliphatic rings. The number of carbonyl (C=O) groups excluding carboxylic acids is 1. The van der Waals surface area contributed by atoms with Gasteiger partial charge in [-0.3, -0.25) is 14.7 Å². The molecule has 11 heteroatoms. The lowest BCUT2D eigenvalue weighted by molar-refractivity contribution is -0.136. The van der Waals surface area contributed by atoms with Crippen LogP contribution in [0.4, 0.5) is 36.2 Å². The van der Waals surface area contributed by atoms with E-state index >= 15 is 0 Å². The summed E-state index contributed by atoms with van der Waals surface area (Å²) >= 11 is 0. The van der Waals surface area contributed by atoms with Crippen LogP contribution in [0.3, 0.4) is 0 Å². The Balaban J connectivity index is 1.34. The normalized spacial score (nSPS) is 14.1. The zero-order valence-electron chi connectivity index (χ0n) is 23.4. The molecule has 1 amide bonds. The molecule has 1 saturated heterocycles. The number of rotatable bonds is 8. The van der Waals surface area contributed by atoms with Crippen LogP contribution in [0.5, 0.6) is 0 Å². The highest BCUT2D eigenvalue weighted by Gasteiger charge is 2.35. The fraction of sp³-hybridized carbons (Fsp3) is 0.290. The van der Waals surface area contributed by atoms with E-state index in [1.165, 1.54) is 6.07 Å². The summed E-state index contributed by atoms with van der Waals surface area (Å²) in [5.74, 6) is -0.350. The van der Waals surface area contributed by atoms with E-state index in [9.17, 15) is 18.0 Å². The number of benzene rings is 2. The van der Waals surface area contributed by atoms with Crippen molar-refractivity contribution in [2.45, 2.75) is 26.4 Å². The average Bonchev–Trinajstić information content (AvgIpc) is 2.99. The lowest BCUT2D eigenvalue weighted by Gasteiger charge is -2.36. The van der Waals surface area contributed by atoms with Crippen molar-refractivity contribution in [2.24, 2.45) is 0 Å². The summed E-state index contributed by atoms with van der Waals surface area (Å²) in [5, 5.41) is 5.60. The van der Waals surface area contributed by atoms with Gasteiger partial charge in [0.2, 0.25) is 5.95 Å². The summed E-state index contributed by atoms with van der Waals surface area (Å²) < 4.78 is 42.4. The Hall–Kier alpha value is -4.51. The van der Waals surface area contributed by atoms with Crippen molar-refractivity contribution in [1.82, 2.24) is 19.9 Å². The third kappa shape index (κ3) is 6.85. The Morgan fingerprint density at radius 1 is 0.976 bits per heavy atom. The van der Waals surface area contributed by atoms with E-state index in [1.54, 1.807) is 48.9 Å². The summed E-state index contributed by atoms with van der Waals surface area (Å²) in [6.07, 6.45) is 1.37. The first kappa shape index (κ1) is 29.0. The van der Waals surface area contributed by atoms with Crippen molar-refractivity contribution in [1.29, 1.82) is 0 Å². The molecule has 1 aliphatic heterocycles. The zero-order chi connectivity index (χ0) is 29.7. The predicted octanol–water partition coefficient (Wildman–Crippen LogP) is 6.39. The summed E-state index contributed by atoms with van der Waals surface area (Å²) in [5.41, 5.74) is 2.36. The predicted molar refractivity (Wildman–Crippen MR) is 158 cm³/mol. The number of hydrogen-bond acceptors (Lipinski definition) is 7. The standard InChI is InChI=1S/C31H32F3N7O/c1-3-13-40-14-16-41(17-15-40)24-8-9-27(25(19-24)31(32,33)34)37-29(42)22-7-6-21(2)28(18-22)39-30-36-12-10-26(38-30)23-5-4-11-35-20-23/h4-12,18-20H,3,13-17H2,1-2H3,(H,37,42)(H,36,38,39). The lowest BCUT2D eigenvalue weighted by Crippen LogP contribution is -2.46. The fourth-order valence-electron chi connectivity index (χ4n) is 4.93. The molecule has 0 saturated carbocycles. The number of hydrogen-bond donors (Lipinski definition) is 2. The molecule has 0 atom stereocenters. The number of piperazine rings is 1. The Bertz CT molecular complexity index is 1540. The lowest BCUT2D eigenvalue weighted by atomic mass is 10.1.